The van der Waals surface area contributed by atoms with Crippen LogP contribution in [0.5, 0.6) is 11.5 Å². The van der Waals surface area contributed by atoms with Crippen molar-refractivity contribution >= 4 is 5.96 Å². The lowest BCUT2D eigenvalue weighted by Crippen LogP contribution is -2.39. The van der Waals surface area contributed by atoms with Crippen LogP contribution < -0.4 is 20.1 Å². The zero-order chi connectivity index (χ0) is 17.6. The van der Waals surface area contributed by atoms with Crippen LogP contribution in [-0.4, -0.2) is 39.3 Å². The fourth-order valence-corrected chi connectivity index (χ4v) is 2.22. The number of guanidine groups is 1. The number of benzene rings is 2. The van der Waals surface area contributed by atoms with Gasteiger partial charge in [0.2, 0.25) is 0 Å². The third kappa shape index (κ3) is 8.11. The Balaban J connectivity index is 1.49. The fraction of sp³-hybridized carbons (Fsp3) is 0.350. The van der Waals surface area contributed by atoms with Gasteiger partial charge in [-0.3, -0.25) is 4.99 Å². The summed E-state index contributed by atoms with van der Waals surface area (Å²) in [6, 6.07) is 19.7. The number of rotatable bonds is 10. The van der Waals surface area contributed by atoms with Crippen LogP contribution >= 0.6 is 0 Å². The predicted molar refractivity (Wildman–Crippen MR) is 102 cm³/mol. The smallest absolute Gasteiger partial charge is 0.191 e. The maximum Gasteiger partial charge on any atom is 0.191 e. The number of hydrogen-bond acceptors (Lipinski definition) is 3. The molecule has 0 aliphatic carbocycles. The molecule has 0 unspecified atom stereocenters. The number of para-hydroxylation sites is 2. The van der Waals surface area contributed by atoms with Crippen LogP contribution in [0.25, 0.3) is 0 Å². The van der Waals surface area contributed by atoms with E-state index in [9.17, 15) is 0 Å². The Bertz CT molecular complexity index is 603. The molecule has 0 fully saturated rings. The second-order valence-electron chi connectivity index (χ2n) is 5.46. The third-order valence-corrected chi connectivity index (χ3v) is 3.51. The van der Waals surface area contributed by atoms with Crippen LogP contribution in [0, 0.1) is 0 Å². The van der Waals surface area contributed by atoms with E-state index in [1.165, 1.54) is 0 Å². The minimum absolute atomic E-state index is 0.593. The largest absolute Gasteiger partial charge is 0.494 e. The number of hydrogen-bond donors (Lipinski definition) is 2. The molecule has 2 rings (SSSR count). The first-order valence-corrected chi connectivity index (χ1v) is 8.68. The first kappa shape index (κ1) is 18.6. The van der Waals surface area contributed by atoms with Gasteiger partial charge in [0.15, 0.2) is 5.96 Å². The summed E-state index contributed by atoms with van der Waals surface area (Å²) in [6.07, 6.45) is 2.02. The second-order valence-corrected chi connectivity index (χ2v) is 5.46. The molecule has 0 atom stereocenters. The highest BCUT2D eigenvalue weighted by atomic mass is 16.5. The van der Waals surface area contributed by atoms with E-state index in [4.69, 9.17) is 9.47 Å². The lowest BCUT2D eigenvalue weighted by Gasteiger charge is -2.12. The molecule has 0 amide bonds. The Labute approximate surface area is 150 Å². The summed E-state index contributed by atoms with van der Waals surface area (Å²) in [5.74, 6) is 2.60. The molecule has 0 saturated carbocycles. The maximum absolute atomic E-state index is 5.67. The van der Waals surface area contributed by atoms with E-state index in [-0.39, 0.29) is 0 Å². The van der Waals surface area contributed by atoms with Crippen molar-refractivity contribution in [1.29, 1.82) is 0 Å². The van der Waals surface area contributed by atoms with Gasteiger partial charge in [-0.05, 0) is 37.1 Å². The van der Waals surface area contributed by atoms with Crippen molar-refractivity contribution < 1.29 is 9.47 Å². The molecule has 25 heavy (non-hydrogen) atoms. The lowest BCUT2D eigenvalue weighted by molar-refractivity contribution is 0.307. The summed E-state index contributed by atoms with van der Waals surface area (Å²) in [7, 11) is 1.77. The van der Waals surface area contributed by atoms with Crippen molar-refractivity contribution in [3.8, 4) is 11.5 Å². The van der Waals surface area contributed by atoms with Crippen LogP contribution in [0.1, 0.15) is 12.8 Å². The van der Waals surface area contributed by atoms with Gasteiger partial charge in [-0.15, -0.1) is 0 Å². The molecule has 2 N–H and O–H groups in total. The first-order valence-electron chi connectivity index (χ1n) is 8.68. The molecule has 0 saturated heterocycles. The Morgan fingerprint density at radius 2 is 1.32 bits per heavy atom. The lowest BCUT2D eigenvalue weighted by atomic mass is 10.3. The number of aliphatic imine (C=N–C) groups is 1. The van der Waals surface area contributed by atoms with Gasteiger partial charge in [-0.2, -0.15) is 0 Å². The fourth-order valence-electron chi connectivity index (χ4n) is 2.22. The number of ether oxygens (including phenoxy) is 2. The van der Waals surface area contributed by atoms with Gasteiger partial charge in [-0.1, -0.05) is 36.4 Å². The molecule has 0 aliphatic heterocycles. The van der Waals surface area contributed by atoms with Crippen molar-refractivity contribution in [2.24, 2.45) is 4.99 Å². The van der Waals surface area contributed by atoms with Gasteiger partial charge in [0, 0.05) is 13.6 Å². The molecule has 0 aromatic heterocycles. The summed E-state index contributed by atoms with van der Waals surface area (Å²) >= 11 is 0. The molecule has 134 valence electrons. The zero-order valence-electron chi connectivity index (χ0n) is 14.8. The van der Waals surface area contributed by atoms with Gasteiger partial charge in [-0.25, -0.2) is 0 Å². The maximum atomic E-state index is 5.67. The normalized spacial score (nSPS) is 11.0. The van der Waals surface area contributed by atoms with Gasteiger partial charge in [0.05, 0.1) is 13.2 Å². The topological polar surface area (TPSA) is 54.9 Å². The molecule has 0 radical (unpaired) electrons. The van der Waals surface area contributed by atoms with E-state index in [1.54, 1.807) is 7.05 Å². The van der Waals surface area contributed by atoms with Gasteiger partial charge in [0.1, 0.15) is 18.1 Å². The van der Waals surface area contributed by atoms with Crippen molar-refractivity contribution in [1.82, 2.24) is 10.6 Å². The van der Waals surface area contributed by atoms with Crippen LogP contribution in [0.15, 0.2) is 65.7 Å². The Hall–Kier alpha value is -2.69. The van der Waals surface area contributed by atoms with E-state index in [2.05, 4.69) is 15.6 Å². The molecule has 0 bridgehead atoms. The van der Waals surface area contributed by atoms with Gasteiger partial charge in [0.25, 0.3) is 0 Å². The second kappa shape index (κ2) is 11.8. The van der Waals surface area contributed by atoms with E-state index in [0.29, 0.717) is 13.2 Å². The number of nitrogens with one attached hydrogen (secondary N) is 2. The standard InChI is InChI=1S/C20H27N3O2/c1-21-20(23-15-17-25-19-12-6-3-7-13-19)22-14-8-9-16-24-18-10-4-2-5-11-18/h2-7,10-13H,8-9,14-17H2,1H3,(H2,21,22,23). The zero-order valence-corrected chi connectivity index (χ0v) is 14.8. The molecule has 0 spiro atoms. The summed E-state index contributed by atoms with van der Waals surface area (Å²) in [4.78, 5) is 4.21. The summed E-state index contributed by atoms with van der Waals surface area (Å²) in [5.41, 5.74) is 0. The Morgan fingerprint density at radius 3 is 1.92 bits per heavy atom. The highest BCUT2D eigenvalue weighted by molar-refractivity contribution is 5.79. The molecule has 2 aromatic rings. The predicted octanol–water partition coefficient (Wildman–Crippen LogP) is 3.09. The Morgan fingerprint density at radius 1 is 0.760 bits per heavy atom. The highest BCUT2D eigenvalue weighted by Gasteiger charge is 1.98. The van der Waals surface area contributed by atoms with E-state index >= 15 is 0 Å². The molecule has 5 heteroatoms. The number of unbranched alkanes of at least 4 members (excludes halogenated alkanes) is 1. The summed E-state index contributed by atoms with van der Waals surface area (Å²) in [5, 5.41) is 6.53. The molecule has 0 aliphatic rings. The van der Waals surface area contributed by atoms with Crippen LogP contribution in [0.3, 0.4) is 0 Å². The van der Waals surface area contributed by atoms with Crippen LogP contribution in [-0.2, 0) is 0 Å². The molecular weight excluding hydrogens is 314 g/mol. The van der Waals surface area contributed by atoms with Crippen molar-refractivity contribution in [3.05, 3.63) is 60.7 Å². The SMILES string of the molecule is CN=C(NCCCCOc1ccccc1)NCCOc1ccccc1. The average Bonchev–Trinajstić information content (AvgIpc) is 2.67. The average molecular weight is 341 g/mol. The third-order valence-electron chi connectivity index (χ3n) is 3.51. The van der Waals surface area contributed by atoms with Crippen LogP contribution in [0.2, 0.25) is 0 Å². The summed E-state index contributed by atoms with van der Waals surface area (Å²) < 4.78 is 11.3. The van der Waals surface area contributed by atoms with Crippen molar-refractivity contribution in [3.63, 3.8) is 0 Å². The molecular formula is C20H27N3O2. The quantitative estimate of drug-likeness (QED) is 0.396. The highest BCUT2D eigenvalue weighted by Crippen LogP contribution is 2.08. The molecule has 2 aromatic carbocycles. The van der Waals surface area contributed by atoms with Crippen molar-refractivity contribution in [2.45, 2.75) is 12.8 Å². The monoisotopic (exact) mass is 341 g/mol. The van der Waals surface area contributed by atoms with Gasteiger partial charge >= 0.3 is 0 Å². The first-order chi connectivity index (χ1) is 12.4. The molecule has 5 nitrogen and oxygen atoms in total. The van der Waals surface area contributed by atoms with E-state index in [0.717, 1.165) is 43.5 Å². The van der Waals surface area contributed by atoms with E-state index < -0.39 is 0 Å². The Kier molecular flexibility index (Phi) is 8.79. The summed E-state index contributed by atoms with van der Waals surface area (Å²) in [6.45, 7) is 2.88. The van der Waals surface area contributed by atoms with Crippen molar-refractivity contribution in [2.75, 3.05) is 33.4 Å². The number of nitrogens with zero attached hydrogens (tertiary/aromatic N) is 1. The minimum Gasteiger partial charge on any atom is -0.494 e. The minimum atomic E-state index is 0.593. The van der Waals surface area contributed by atoms with Gasteiger partial charge < -0.3 is 20.1 Å². The van der Waals surface area contributed by atoms with Crippen LogP contribution in [0.4, 0.5) is 0 Å². The van der Waals surface area contributed by atoms with E-state index in [1.807, 2.05) is 60.7 Å². The molecule has 0 heterocycles.